The number of halogens is 3. The zero-order chi connectivity index (χ0) is 20.5. The molecular formula is C19H13F3N2O3S. The van der Waals surface area contributed by atoms with Gasteiger partial charge in [-0.25, -0.2) is 4.98 Å². The number of aromatic nitrogens is 1. The highest BCUT2D eigenvalue weighted by Crippen LogP contribution is 2.36. The van der Waals surface area contributed by atoms with Crippen LogP contribution in [0.5, 0.6) is 11.5 Å². The van der Waals surface area contributed by atoms with Gasteiger partial charge in [0.05, 0.1) is 30.0 Å². The van der Waals surface area contributed by atoms with Gasteiger partial charge in [0.1, 0.15) is 33.9 Å². The minimum atomic E-state index is -4.49. The molecule has 0 saturated carbocycles. The van der Waals surface area contributed by atoms with E-state index >= 15 is 0 Å². The summed E-state index contributed by atoms with van der Waals surface area (Å²) in [7, 11) is 2.88. The molecule has 0 saturated heterocycles. The van der Waals surface area contributed by atoms with Gasteiger partial charge in [-0.2, -0.15) is 18.4 Å². The predicted molar refractivity (Wildman–Crippen MR) is 99.2 cm³/mol. The van der Waals surface area contributed by atoms with Crippen molar-refractivity contribution in [2.75, 3.05) is 14.2 Å². The fourth-order valence-electron chi connectivity index (χ4n) is 2.50. The average molecular weight is 406 g/mol. The van der Waals surface area contributed by atoms with Gasteiger partial charge in [-0.3, -0.25) is 0 Å². The first-order valence-electron chi connectivity index (χ1n) is 7.81. The standard InChI is InChI=1S/C19H13F3N2O3S/c1-26-12-5-10(6-13(8-12)27-2)17(25)14(9-23)18-24-15-7-11(19(20,21)22)3-4-16(15)28-18/h3-8,25H,1-2H3. The molecule has 3 aromatic rings. The molecule has 0 aliphatic carbocycles. The van der Waals surface area contributed by atoms with Crippen LogP contribution in [0.1, 0.15) is 16.1 Å². The van der Waals surface area contributed by atoms with Crippen molar-refractivity contribution < 1.29 is 27.8 Å². The van der Waals surface area contributed by atoms with E-state index in [9.17, 15) is 23.5 Å². The molecule has 0 unspecified atom stereocenters. The number of ether oxygens (including phenoxy) is 2. The Morgan fingerprint density at radius 2 is 1.75 bits per heavy atom. The first-order valence-corrected chi connectivity index (χ1v) is 8.63. The highest BCUT2D eigenvalue weighted by molar-refractivity contribution is 7.19. The summed E-state index contributed by atoms with van der Waals surface area (Å²) in [5.41, 5.74) is -0.646. The number of benzene rings is 2. The predicted octanol–water partition coefficient (Wildman–Crippen LogP) is 5.28. The number of alkyl halides is 3. The number of methoxy groups -OCH3 is 2. The lowest BCUT2D eigenvalue weighted by atomic mass is 10.1. The quantitative estimate of drug-likeness (QED) is 0.471. The summed E-state index contributed by atoms with van der Waals surface area (Å²) >= 11 is 1.01. The number of nitriles is 1. The van der Waals surface area contributed by atoms with Crippen molar-refractivity contribution in [3.8, 4) is 17.6 Å². The minimum Gasteiger partial charge on any atom is -0.506 e. The number of allylic oxidation sites excluding steroid dienone is 1. The van der Waals surface area contributed by atoms with Gasteiger partial charge in [-0.05, 0) is 30.3 Å². The van der Waals surface area contributed by atoms with Gasteiger partial charge < -0.3 is 14.6 Å². The number of rotatable bonds is 4. The highest BCUT2D eigenvalue weighted by atomic mass is 32.1. The molecule has 0 spiro atoms. The molecule has 2 aromatic carbocycles. The monoisotopic (exact) mass is 406 g/mol. The maximum absolute atomic E-state index is 12.9. The molecule has 0 bridgehead atoms. The molecule has 0 aliphatic heterocycles. The smallest absolute Gasteiger partial charge is 0.416 e. The molecule has 1 heterocycles. The zero-order valence-electron chi connectivity index (χ0n) is 14.7. The average Bonchev–Trinajstić information content (AvgIpc) is 3.10. The van der Waals surface area contributed by atoms with Crippen molar-refractivity contribution in [1.29, 1.82) is 5.26 Å². The maximum atomic E-state index is 12.9. The van der Waals surface area contributed by atoms with E-state index in [4.69, 9.17) is 9.47 Å². The molecule has 9 heteroatoms. The number of hydrogen-bond acceptors (Lipinski definition) is 6. The lowest BCUT2D eigenvalue weighted by Crippen LogP contribution is -2.03. The van der Waals surface area contributed by atoms with Gasteiger partial charge in [0, 0.05) is 11.6 Å². The maximum Gasteiger partial charge on any atom is 0.416 e. The molecule has 0 radical (unpaired) electrons. The van der Waals surface area contributed by atoms with E-state index in [0.29, 0.717) is 16.2 Å². The number of aliphatic hydroxyl groups excluding tert-OH is 1. The van der Waals surface area contributed by atoms with Gasteiger partial charge in [-0.15, -0.1) is 11.3 Å². The van der Waals surface area contributed by atoms with Crippen molar-refractivity contribution in [1.82, 2.24) is 4.98 Å². The van der Waals surface area contributed by atoms with E-state index in [0.717, 1.165) is 23.5 Å². The van der Waals surface area contributed by atoms with Crippen LogP contribution in [0, 0.1) is 11.3 Å². The lowest BCUT2D eigenvalue weighted by Gasteiger charge is -2.08. The van der Waals surface area contributed by atoms with E-state index in [-0.39, 0.29) is 27.4 Å². The van der Waals surface area contributed by atoms with Gasteiger partial charge in [0.15, 0.2) is 0 Å². The van der Waals surface area contributed by atoms with Crippen LogP contribution in [0.4, 0.5) is 13.2 Å². The van der Waals surface area contributed by atoms with Crippen LogP contribution >= 0.6 is 11.3 Å². The van der Waals surface area contributed by atoms with Crippen LogP contribution in [-0.2, 0) is 6.18 Å². The molecule has 1 N–H and O–H groups in total. The Labute approximate surface area is 161 Å². The number of aliphatic hydroxyl groups is 1. The number of thiazole rings is 1. The molecule has 0 aliphatic rings. The van der Waals surface area contributed by atoms with E-state index in [1.165, 1.54) is 32.4 Å². The first kappa shape index (κ1) is 19.5. The van der Waals surface area contributed by atoms with E-state index < -0.39 is 11.7 Å². The van der Waals surface area contributed by atoms with Crippen LogP contribution in [0.2, 0.25) is 0 Å². The second-order valence-electron chi connectivity index (χ2n) is 5.64. The van der Waals surface area contributed by atoms with Crippen molar-refractivity contribution >= 4 is 32.9 Å². The van der Waals surface area contributed by atoms with Crippen LogP contribution in [0.25, 0.3) is 21.5 Å². The van der Waals surface area contributed by atoms with Crippen LogP contribution in [0.3, 0.4) is 0 Å². The molecular weight excluding hydrogens is 393 g/mol. The molecule has 0 atom stereocenters. The Balaban J connectivity index is 2.13. The molecule has 1 aromatic heterocycles. The largest absolute Gasteiger partial charge is 0.506 e. The molecule has 144 valence electrons. The summed E-state index contributed by atoms with van der Waals surface area (Å²) in [6, 6.07) is 9.63. The van der Waals surface area contributed by atoms with E-state index in [2.05, 4.69) is 4.98 Å². The molecule has 3 rings (SSSR count). The van der Waals surface area contributed by atoms with Gasteiger partial charge in [-0.1, -0.05) is 0 Å². The summed E-state index contributed by atoms with van der Waals surface area (Å²) in [4.78, 5) is 4.11. The third-order valence-electron chi connectivity index (χ3n) is 3.90. The summed E-state index contributed by atoms with van der Waals surface area (Å²) in [6.07, 6.45) is -4.49. The second-order valence-corrected chi connectivity index (χ2v) is 6.67. The molecule has 5 nitrogen and oxygen atoms in total. The van der Waals surface area contributed by atoms with E-state index in [1.54, 1.807) is 6.07 Å². The van der Waals surface area contributed by atoms with Gasteiger partial charge in [0.25, 0.3) is 0 Å². The van der Waals surface area contributed by atoms with Gasteiger partial charge >= 0.3 is 6.18 Å². The SMILES string of the molecule is COc1cc(OC)cc(C(O)=C(C#N)c2nc3cc(C(F)(F)F)ccc3s2)c1. The van der Waals surface area contributed by atoms with Gasteiger partial charge in [0.2, 0.25) is 0 Å². The first-order chi connectivity index (χ1) is 13.3. The summed E-state index contributed by atoms with van der Waals surface area (Å²) in [5.74, 6) is 0.421. The van der Waals surface area contributed by atoms with Crippen molar-refractivity contribution in [2.45, 2.75) is 6.18 Å². The number of hydrogen-bond donors (Lipinski definition) is 1. The van der Waals surface area contributed by atoms with E-state index in [1.807, 2.05) is 6.07 Å². The minimum absolute atomic E-state index is 0.0959. The third-order valence-corrected chi connectivity index (χ3v) is 4.96. The summed E-state index contributed by atoms with van der Waals surface area (Å²) in [6.45, 7) is 0. The lowest BCUT2D eigenvalue weighted by molar-refractivity contribution is -0.137. The van der Waals surface area contributed by atoms with Crippen molar-refractivity contribution in [3.05, 3.63) is 52.5 Å². The number of nitrogens with zero attached hydrogens (tertiary/aromatic N) is 2. The topological polar surface area (TPSA) is 75.4 Å². The Bertz CT molecular complexity index is 1090. The molecule has 0 amide bonds. The molecule has 0 fully saturated rings. The Kier molecular flexibility index (Phi) is 5.16. The third kappa shape index (κ3) is 3.73. The van der Waals surface area contributed by atoms with Crippen LogP contribution in [-0.4, -0.2) is 24.3 Å². The fourth-order valence-corrected chi connectivity index (χ4v) is 3.44. The summed E-state index contributed by atoms with van der Waals surface area (Å²) < 4.78 is 49.4. The number of fused-ring (bicyclic) bond motifs is 1. The molecule has 28 heavy (non-hydrogen) atoms. The normalized spacial score (nSPS) is 12.4. The van der Waals surface area contributed by atoms with Crippen LogP contribution in [0.15, 0.2) is 36.4 Å². The fraction of sp³-hybridized carbons (Fsp3) is 0.158. The van der Waals surface area contributed by atoms with Crippen molar-refractivity contribution in [2.24, 2.45) is 0 Å². The van der Waals surface area contributed by atoms with Crippen LogP contribution < -0.4 is 9.47 Å². The van der Waals surface area contributed by atoms with Crippen molar-refractivity contribution in [3.63, 3.8) is 0 Å². The zero-order valence-corrected chi connectivity index (χ0v) is 15.5. The highest BCUT2D eigenvalue weighted by Gasteiger charge is 2.31. The Morgan fingerprint density at radius 1 is 1.11 bits per heavy atom. The Hall–Kier alpha value is -3.25. The Morgan fingerprint density at radius 3 is 2.29 bits per heavy atom. The summed E-state index contributed by atoms with van der Waals surface area (Å²) in [5, 5.41) is 20.3. The second kappa shape index (κ2) is 7.40.